The number of aryl methyl sites for hydroxylation is 1. The molecule has 6 heteroatoms. The Morgan fingerprint density at radius 2 is 1.94 bits per heavy atom. The largest absolute Gasteiger partial charge is 0.497 e. The Hall–Kier alpha value is -4.06. The molecule has 0 N–H and O–H groups in total. The summed E-state index contributed by atoms with van der Waals surface area (Å²) in [5.41, 5.74) is 3.51. The van der Waals surface area contributed by atoms with Crippen molar-refractivity contribution < 1.29 is 23.4 Å². The quantitative estimate of drug-likeness (QED) is 0.364. The molecule has 0 atom stereocenters. The summed E-state index contributed by atoms with van der Waals surface area (Å²) < 4.78 is 33.1. The maximum absolute atomic E-state index is 13.9. The number of benzene rings is 3. The number of Topliss-reactive ketones (excluding diaryl/α,β-unsaturated/α-hetero) is 1. The van der Waals surface area contributed by atoms with Crippen LogP contribution < -0.4 is 14.2 Å². The summed E-state index contributed by atoms with van der Waals surface area (Å²) in [6.07, 6.45) is 3.70. The molecular formula is C27H22FNO4. The second kappa shape index (κ2) is 8.13. The Kier molecular flexibility index (Phi) is 5.13. The fourth-order valence-electron chi connectivity index (χ4n) is 4.08. The van der Waals surface area contributed by atoms with Crippen molar-refractivity contribution >= 4 is 22.8 Å². The first-order valence-corrected chi connectivity index (χ1v) is 10.5. The minimum absolute atomic E-state index is 0.0841. The monoisotopic (exact) mass is 443 g/mol. The highest BCUT2D eigenvalue weighted by atomic mass is 19.1. The summed E-state index contributed by atoms with van der Waals surface area (Å²) in [5.74, 6) is 1.49. The topological polar surface area (TPSA) is 49.7 Å². The SMILES string of the molecule is COc1ccc2c(c1)c(/C=C1/Oc3c(ccc(OCc4ccccc4F)c3C)C1=O)cn2C. The van der Waals surface area contributed by atoms with E-state index in [1.54, 1.807) is 43.5 Å². The van der Waals surface area contributed by atoms with Gasteiger partial charge in [0.15, 0.2) is 5.76 Å². The molecule has 5 rings (SSSR count). The molecule has 0 amide bonds. The number of ketones is 1. The Morgan fingerprint density at radius 3 is 2.73 bits per heavy atom. The zero-order valence-electron chi connectivity index (χ0n) is 18.5. The molecule has 5 nitrogen and oxygen atoms in total. The molecule has 0 fully saturated rings. The Balaban J connectivity index is 1.45. The molecule has 0 aliphatic carbocycles. The van der Waals surface area contributed by atoms with Crippen molar-refractivity contribution in [1.29, 1.82) is 0 Å². The van der Waals surface area contributed by atoms with E-state index in [4.69, 9.17) is 14.2 Å². The van der Waals surface area contributed by atoms with Gasteiger partial charge in [0.05, 0.1) is 12.7 Å². The van der Waals surface area contributed by atoms with E-state index in [1.165, 1.54) is 6.07 Å². The number of methoxy groups -OCH3 is 1. The minimum atomic E-state index is -0.320. The number of rotatable bonds is 5. The Morgan fingerprint density at radius 1 is 1.12 bits per heavy atom. The van der Waals surface area contributed by atoms with Crippen LogP contribution in [0.15, 0.2) is 66.6 Å². The first kappa shape index (κ1) is 20.8. The maximum Gasteiger partial charge on any atom is 0.231 e. The lowest BCUT2D eigenvalue weighted by Gasteiger charge is -2.12. The van der Waals surface area contributed by atoms with Crippen molar-refractivity contribution in [3.63, 3.8) is 0 Å². The van der Waals surface area contributed by atoms with E-state index in [2.05, 4.69) is 0 Å². The van der Waals surface area contributed by atoms with Gasteiger partial charge in [0.2, 0.25) is 5.78 Å². The van der Waals surface area contributed by atoms with Crippen LogP contribution in [0.4, 0.5) is 4.39 Å². The van der Waals surface area contributed by atoms with Crippen LogP contribution in [0.3, 0.4) is 0 Å². The Bertz CT molecular complexity index is 1430. The number of nitrogens with zero attached hydrogens (tertiary/aromatic N) is 1. The van der Waals surface area contributed by atoms with Gasteiger partial charge in [-0.3, -0.25) is 4.79 Å². The van der Waals surface area contributed by atoms with Crippen LogP contribution >= 0.6 is 0 Å². The summed E-state index contributed by atoms with van der Waals surface area (Å²) in [6, 6.07) is 15.7. The van der Waals surface area contributed by atoms with Crippen LogP contribution in [0.5, 0.6) is 17.2 Å². The van der Waals surface area contributed by atoms with E-state index in [9.17, 15) is 9.18 Å². The van der Waals surface area contributed by atoms with Crippen molar-refractivity contribution in [2.75, 3.05) is 7.11 Å². The third kappa shape index (κ3) is 3.63. The van der Waals surface area contributed by atoms with E-state index in [0.717, 1.165) is 22.2 Å². The van der Waals surface area contributed by atoms with Crippen molar-refractivity contribution in [2.45, 2.75) is 13.5 Å². The van der Waals surface area contributed by atoms with Crippen LogP contribution in [-0.4, -0.2) is 17.5 Å². The van der Waals surface area contributed by atoms with Crippen molar-refractivity contribution in [1.82, 2.24) is 4.57 Å². The smallest absolute Gasteiger partial charge is 0.231 e. The summed E-state index contributed by atoms with van der Waals surface area (Å²) in [5, 5.41) is 0.960. The molecule has 4 aromatic rings. The number of carbonyl (C=O) groups is 1. The fraction of sp³-hybridized carbons (Fsp3) is 0.148. The summed E-state index contributed by atoms with van der Waals surface area (Å²) >= 11 is 0. The second-order valence-corrected chi connectivity index (χ2v) is 7.96. The fourth-order valence-corrected chi connectivity index (χ4v) is 4.08. The van der Waals surface area contributed by atoms with Crippen molar-refractivity contribution in [3.8, 4) is 17.2 Å². The molecule has 2 heterocycles. The number of ether oxygens (including phenoxy) is 3. The van der Waals surface area contributed by atoms with Gasteiger partial charge in [-0.1, -0.05) is 18.2 Å². The van der Waals surface area contributed by atoms with Gasteiger partial charge in [-0.25, -0.2) is 4.39 Å². The van der Waals surface area contributed by atoms with Crippen molar-refractivity contribution in [3.05, 3.63) is 94.6 Å². The summed E-state index contributed by atoms with van der Waals surface area (Å²) in [6.45, 7) is 1.91. The molecule has 33 heavy (non-hydrogen) atoms. The summed E-state index contributed by atoms with van der Waals surface area (Å²) in [4.78, 5) is 13.0. The van der Waals surface area contributed by atoms with E-state index in [1.807, 2.05) is 42.9 Å². The van der Waals surface area contributed by atoms with Gasteiger partial charge in [-0.2, -0.15) is 0 Å². The first-order valence-electron chi connectivity index (χ1n) is 10.5. The zero-order chi connectivity index (χ0) is 23.1. The highest BCUT2D eigenvalue weighted by molar-refractivity contribution is 6.15. The number of aromatic nitrogens is 1. The lowest BCUT2D eigenvalue weighted by molar-refractivity contribution is 0.101. The van der Waals surface area contributed by atoms with Crippen LogP contribution in [0.2, 0.25) is 0 Å². The molecule has 0 spiro atoms. The molecular weight excluding hydrogens is 421 g/mol. The number of halogens is 1. The van der Waals surface area contributed by atoms with Gasteiger partial charge in [-0.05, 0) is 49.4 Å². The van der Waals surface area contributed by atoms with E-state index in [-0.39, 0.29) is 24.0 Å². The normalized spacial score (nSPS) is 13.9. The molecule has 1 aromatic heterocycles. The van der Waals surface area contributed by atoms with Crippen LogP contribution in [0.25, 0.3) is 17.0 Å². The molecule has 1 aliphatic rings. The van der Waals surface area contributed by atoms with Gasteiger partial charge < -0.3 is 18.8 Å². The van der Waals surface area contributed by atoms with E-state index in [0.29, 0.717) is 28.2 Å². The summed E-state index contributed by atoms with van der Waals surface area (Å²) in [7, 11) is 3.57. The van der Waals surface area contributed by atoms with Gasteiger partial charge in [0, 0.05) is 40.8 Å². The average molecular weight is 443 g/mol. The van der Waals surface area contributed by atoms with Crippen molar-refractivity contribution in [2.24, 2.45) is 7.05 Å². The van der Waals surface area contributed by atoms with E-state index < -0.39 is 0 Å². The van der Waals surface area contributed by atoms with Gasteiger partial charge in [0.1, 0.15) is 29.7 Å². The molecule has 0 radical (unpaired) electrons. The number of hydrogen-bond donors (Lipinski definition) is 0. The average Bonchev–Trinajstić information content (AvgIpc) is 3.31. The number of hydrogen-bond acceptors (Lipinski definition) is 4. The van der Waals surface area contributed by atoms with Crippen LogP contribution in [-0.2, 0) is 13.7 Å². The third-order valence-corrected chi connectivity index (χ3v) is 5.89. The first-order chi connectivity index (χ1) is 16.0. The number of allylic oxidation sites excluding steroid dienone is 1. The molecule has 0 unspecified atom stereocenters. The molecule has 0 saturated carbocycles. The van der Waals surface area contributed by atoms with E-state index >= 15 is 0 Å². The second-order valence-electron chi connectivity index (χ2n) is 7.96. The molecule has 1 aliphatic heterocycles. The highest BCUT2D eigenvalue weighted by Gasteiger charge is 2.30. The highest BCUT2D eigenvalue weighted by Crippen LogP contribution is 2.40. The molecule has 166 valence electrons. The number of fused-ring (bicyclic) bond motifs is 2. The zero-order valence-corrected chi connectivity index (χ0v) is 18.5. The lowest BCUT2D eigenvalue weighted by Crippen LogP contribution is -2.00. The van der Waals surface area contributed by atoms with Gasteiger partial charge in [0.25, 0.3) is 0 Å². The maximum atomic E-state index is 13.9. The van der Waals surface area contributed by atoms with Crippen LogP contribution in [0, 0.1) is 12.7 Å². The predicted molar refractivity (Wildman–Crippen MR) is 124 cm³/mol. The molecule has 0 saturated heterocycles. The number of carbonyl (C=O) groups excluding carboxylic acids is 1. The molecule has 0 bridgehead atoms. The van der Waals surface area contributed by atoms with Gasteiger partial charge >= 0.3 is 0 Å². The Labute approximate surface area is 190 Å². The molecule has 3 aromatic carbocycles. The predicted octanol–water partition coefficient (Wildman–Crippen LogP) is 5.83. The van der Waals surface area contributed by atoms with Gasteiger partial charge in [-0.15, -0.1) is 0 Å². The minimum Gasteiger partial charge on any atom is -0.497 e. The third-order valence-electron chi connectivity index (χ3n) is 5.89. The lowest BCUT2D eigenvalue weighted by atomic mass is 10.1. The standard InChI is InChI=1S/C27H22FNO4/c1-16-24(32-15-17-6-4-5-7-22(17)28)11-9-20-26(30)25(33-27(16)20)12-18-14-29(2)23-10-8-19(31-3)13-21(18)23/h4-14H,15H2,1-3H3/b25-12+. The van der Waals surface area contributed by atoms with Crippen LogP contribution in [0.1, 0.15) is 27.0 Å².